The summed E-state index contributed by atoms with van der Waals surface area (Å²) in [4.78, 5) is 0. The van der Waals surface area contributed by atoms with Gasteiger partial charge in [0.15, 0.2) is 0 Å². The molecule has 2 aliphatic rings. The summed E-state index contributed by atoms with van der Waals surface area (Å²) >= 11 is 0. The molecule has 106 valence electrons. The largest absolute Gasteiger partial charge is 0.370 e. The monoisotopic (exact) mass is 264 g/mol. The van der Waals surface area contributed by atoms with Gasteiger partial charge in [-0.1, -0.05) is 24.5 Å². The third kappa shape index (κ3) is 2.98. The van der Waals surface area contributed by atoms with Crippen LogP contribution in [0.15, 0.2) is 6.20 Å². The molecule has 1 atom stereocenters. The SMILES string of the molecule is CNCc1cn(CC2CCC3(CCCCC3)O2)nn1. The Kier molecular flexibility index (Phi) is 3.84. The number of hydrogen-bond acceptors (Lipinski definition) is 4. The molecule has 1 aromatic heterocycles. The molecule has 19 heavy (non-hydrogen) atoms. The van der Waals surface area contributed by atoms with E-state index in [0.717, 1.165) is 18.8 Å². The Morgan fingerprint density at radius 2 is 2.21 bits per heavy atom. The number of nitrogens with one attached hydrogen (secondary N) is 1. The molecule has 1 saturated heterocycles. The Balaban J connectivity index is 1.55. The Labute approximate surface area is 114 Å². The molecule has 5 heteroatoms. The Hall–Kier alpha value is -0.940. The van der Waals surface area contributed by atoms with Gasteiger partial charge in [-0.3, -0.25) is 0 Å². The van der Waals surface area contributed by atoms with Crippen LogP contribution < -0.4 is 5.32 Å². The van der Waals surface area contributed by atoms with Crippen molar-refractivity contribution in [1.82, 2.24) is 20.3 Å². The average molecular weight is 264 g/mol. The minimum atomic E-state index is 0.206. The molecule has 0 bridgehead atoms. The molecular weight excluding hydrogens is 240 g/mol. The van der Waals surface area contributed by atoms with E-state index >= 15 is 0 Å². The minimum absolute atomic E-state index is 0.206. The van der Waals surface area contributed by atoms with E-state index in [-0.39, 0.29) is 5.60 Å². The molecule has 1 aliphatic heterocycles. The predicted octanol–water partition coefficient (Wildman–Crippen LogP) is 1.88. The second-order valence-electron chi connectivity index (χ2n) is 5.98. The van der Waals surface area contributed by atoms with Gasteiger partial charge in [0.1, 0.15) is 0 Å². The topological polar surface area (TPSA) is 52.0 Å². The Bertz CT molecular complexity index is 411. The fourth-order valence-electron chi connectivity index (χ4n) is 3.49. The highest BCUT2D eigenvalue weighted by Crippen LogP contribution is 2.42. The molecule has 2 heterocycles. The second-order valence-corrected chi connectivity index (χ2v) is 5.98. The van der Waals surface area contributed by atoms with Crippen LogP contribution in [0.25, 0.3) is 0 Å². The first-order valence-corrected chi connectivity index (χ1v) is 7.51. The van der Waals surface area contributed by atoms with Crippen molar-refractivity contribution in [1.29, 1.82) is 0 Å². The summed E-state index contributed by atoms with van der Waals surface area (Å²) in [6.45, 7) is 1.62. The van der Waals surface area contributed by atoms with Gasteiger partial charge in [-0.15, -0.1) is 5.10 Å². The highest BCUT2D eigenvalue weighted by molar-refractivity contribution is 4.94. The summed E-state index contributed by atoms with van der Waals surface area (Å²) in [7, 11) is 1.92. The molecule has 0 aromatic carbocycles. The lowest BCUT2D eigenvalue weighted by Gasteiger charge is -2.33. The highest BCUT2D eigenvalue weighted by Gasteiger charge is 2.40. The van der Waals surface area contributed by atoms with Crippen molar-refractivity contribution in [3.63, 3.8) is 0 Å². The Morgan fingerprint density at radius 1 is 1.37 bits per heavy atom. The van der Waals surface area contributed by atoms with Gasteiger partial charge in [0.05, 0.1) is 23.9 Å². The van der Waals surface area contributed by atoms with E-state index in [1.807, 2.05) is 17.9 Å². The first kappa shape index (κ1) is 13.1. The molecule has 0 amide bonds. The van der Waals surface area contributed by atoms with Gasteiger partial charge in [-0.05, 0) is 32.7 Å². The molecular formula is C14H24N4O. The van der Waals surface area contributed by atoms with Crippen LogP contribution in [0.1, 0.15) is 50.6 Å². The highest BCUT2D eigenvalue weighted by atomic mass is 16.5. The normalized spacial score (nSPS) is 26.1. The van der Waals surface area contributed by atoms with E-state index in [9.17, 15) is 0 Å². The van der Waals surface area contributed by atoms with Crippen LogP contribution in [0.3, 0.4) is 0 Å². The molecule has 1 aromatic rings. The summed E-state index contributed by atoms with van der Waals surface area (Å²) in [5.74, 6) is 0. The summed E-state index contributed by atoms with van der Waals surface area (Å²) in [6.07, 6.45) is 11.3. The summed E-state index contributed by atoms with van der Waals surface area (Å²) in [5, 5.41) is 11.4. The summed E-state index contributed by atoms with van der Waals surface area (Å²) < 4.78 is 8.29. The van der Waals surface area contributed by atoms with E-state index in [1.165, 1.54) is 44.9 Å². The molecule has 2 fully saturated rings. The first-order valence-electron chi connectivity index (χ1n) is 7.51. The minimum Gasteiger partial charge on any atom is -0.370 e. The van der Waals surface area contributed by atoms with Crippen molar-refractivity contribution in [2.75, 3.05) is 7.05 Å². The van der Waals surface area contributed by atoms with E-state index in [4.69, 9.17) is 4.74 Å². The van der Waals surface area contributed by atoms with Gasteiger partial charge in [0.25, 0.3) is 0 Å². The van der Waals surface area contributed by atoms with Gasteiger partial charge >= 0.3 is 0 Å². The molecule has 1 saturated carbocycles. The zero-order valence-corrected chi connectivity index (χ0v) is 11.8. The third-order valence-electron chi connectivity index (χ3n) is 4.44. The number of ether oxygens (including phenoxy) is 1. The predicted molar refractivity (Wildman–Crippen MR) is 72.7 cm³/mol. The lowest BCUT2D eigenvalue weighted by Crippen LogP contribution is -2.32. The second kappa shape index (κ2) is 5.59. The number of hydrogen-bond donors (Lipinski definition) is 1. The van der Waals surface area contributed by atoms with Gasteiger partial charge in [0, 0.05) is 12.7 Å². The maximum absolute atomic E-state index is 6.36. The molecule has 1 N–H and O–H groups in total. The van der Waals surface area contributed by atoms with E-state index in [1.54, 1.807) is 0 Å². The van der Waals surface area contributed by atoms with E-state index < -0.39 is 0 Å². The fourth-order valence-corrected chi connectivity index (χ4v) is 3.49. The zero-order valence-electron chi connectivity index (χ0n) is 11.8. The standard InChI is InChI=1S/C14H24N4O/c1-15-9-12-10-18(17-16-12)11-13-5-8-14(19-13)6-3-2-4-7-14/h10,13,15H,2-9,11H2,1H3. The third-order valence-corrected chi connectivity index (χ3v) is 4.44. The van der Waals surface area contributed by atoms with E-state index in [2.05, 4.69) is 15.6 Å². The molecule has 5 nitrogen and oxygen atoms in total. The number of aromatic nitrogens is 3. The van der Waals surface area contributed by atoms with Crippen LogP contribution in [-0.2, 0) is 17.8 Å². The van der Waals surface area contributed by atoms with Gasteiger partial charge in [-0.2, -0.15) is 0 Å². The van der Waals surface area contributed by atoms with E-state index in [0.29, 0.717) is 6.10 Å². The van der Waals surface area contributed by atoms with Crippen molar-refractivity contribution in [3.05, 3.63) is 11.9 Å². The maximum Gasteiger partial charge on any atom is 0.0964 e. The van der Waals surface area contributed by atoms with Crippen LogP contribution in [0.2, 0.25) is 0 Å². The van der Waals surface area contributed by atoms with Crippen molar-refractivity contribution < 1.29 is 4.74 Å². The van der Waals surface area contributed by atoms with Crippen LogP contribution in [0.4, 0.5) is 0 Å². The summed E-state index contributed by atoms with van der Waals surface area (Å²) in [5.41, 5.74) is 1.20. The van der Waals surface area contributed by atoms with Crippen LogP contribution in [-0.4, -0.2) is 33.7 Å². The van der Waals surface area contributed by atoms with Crippen LogP contribution in [0, 0.1) is 0 Å². The van der Waals surface area contributed by atoms with Crippen molar-refractivity contribution in [2.24, 2.45) is 0 Å². The lowest BCUT2D eigenvalue weighted by molar-refractivity contribution is -0.0689. The smallest absolute Gasteiger partial charge is 0.0964 e. The lowest BCUT2D eigenvalue weighted by atomic mass is 9.83. The van der Waals surface area contributed by atoms with Gasteiger partial charge < -0.3 is 10.1 Å². The van der Waals surface area contributed by atoms with Crippen molar-refractivity contribution in [2.45, 2.75) is 69.7 Å². The maximum atomic E-state index is 6.36. The quantitative estimate of drug-likeness (QED) is 0.902. The van der Waals surface area contributed by atoms with Gasteiger partial charge in [0.2, 0.25) is 0 Å². The fraction of sp³-hybridized carbons (Fsp3) is 0.857. The number of nitrogens with zero attached hydrogens (tertiary/aromatic N) is 3. The molecule has 1 spiro atoms. The number of rotatable bonds is 4. The van der Waals surface area contributed by atoms with Crippen molar-refractivity contribution >= 4 is 0 Å². The van der Waals surface area contributed by atoms with Crippen molar-refractivity contribution in [3.8, 4) is 0 Å². The summed E-state index contributed by atoms with van der Waals surface area (Å²) in [6, 6.07) is 0. The van der Waals surface area contributed by atoms with Crippen LogP contribution >= 0.6 is 0 Å². The zero-order chi connectivity index (χ0) is 13.1. The molecule has 1 aliphatic carbocycles. The first-order chi connectivity index (χ1) is 9.30. The van der Waals surface area contributed by atoms with Crippen LogP contribution in [0.5, 0.6) is 0 Å². The average Bonchev–Trinajstić information content (AvgIpc) is 3.00. The molecule has 1 unspecified atom stereocenters. The molecule has 3 rings (SSSR count). The Morgan fingerprint density at radius 3 is 3.00 bits per heavy atom. The van der Waals surface area contributed by atoms with Gasteiger partial charge in [-0.25, -0.2) is 4.68 Å². The molecule has 0 radical (unpaired) electrons.